The fraction of sp³-hybridized carbons (Fsp3) is 0.600. The Labute approximate surface area is 82.7 Å². The molecule has 2 heterocycles. The van der Waals surface area contributed by atoms with Gasteiger partial charge in [0.25, 0.3) is 0 Å². The predicted octanol–water partition coefficient (Wildman–Crippen LogP) is 2.17. The van der Waals surface area contributed by atoms with E-state index in [0.717, 1.165) is 13.0 Å². The standard InChI is InChI=1S/C10H15NOS/c1-7-4-5-12-10(7)9(11)8-3-2-6-13-8/h2-3,6-7,9-10H,4-5,11H2,1H3. The fourth-order valence-electron chi connectivity index (χ4n) is 1.82. The van der Waals surface area contributed by atoms with Crippen LogP contribution in [0.3, 0.4) is 0 Å². The van der Waals surface area contributed by atoms with E-state index in [1.807, 2.05) is 6.07 Å². The molecule has 0 amide bonds. The van der Waals surface area contributed by atoms with Gasteiger partial charge in [-0.1, -0.05) is 13.0 Å². The SMILES string of the molecule is CC1CCOC1C(N)c1cccs1. The summed E-state index contributed by atoms with van der Waals surface area (Å²) in [6, 6.07) is 4.20. The van der Waals surface area contributed by atoms with Crippen molar-refractivity contribution in [2.45, 2.75) is 25.5 Å². The van der Waals surface area contributed by atoms with Crippen LogP contribution in [-0.2, 0) is 4.74 Å². The molecule has 2 nitrogen and oxygen atoms in total. The lowest BCUT2D eigenvalue weighted by atomic mass is 9.97. The molecular weight excluding hydrogens is 182 g/mol. The van der Waals surface area contributed by atoms with Gasteiger partial charge in [-0.05, 0) is 23.8 Å². The zero-order chi connectivity index (χ0) is 9.26. The Hall–Kier alpha value is -0.380. The molecule has 1 aromatic rings. The molecule has 0 spiro atoms. The van der Waals surface area contributed by atoms with Crippen LogP contribution in [0.25, 0.3) is 0 Å². The Balaban J connectivity index is 2.08. The van der Waals surface area contributed by atoms with Crippen LogP contribution in [0.2, 0.25) is 0 Å². The Morgan fingerprint density at radius 3 is 3.08 bits per heavy atom. The molecule has 0 radical (unpaired) electrons. The number of hydrogen-bond donors (Lipinski definition) is 1. The number of hydrogen-bond acceptors (Lipinski definition) is 3. The van der Waals surface area contributed by atoms with Crippen molar-refractivity contribution in [3.63, 3.8) is 0 Å². The molecular formula is C10H15NOS. The molecule has 0 bridgehead atoms. The van der Waals surface area contributed by atoms with Crippen molar-refractivity contribution in [1.29, 1.82) is 0 Å². The molecule has 1 fully saturated rings. The van der Waals surface area contributed by atoms with Gasteiger partial charge in [-0.25, -0.2) is 0 Å². The van der Waals surface area contributed by atoms with Gasteiger partial charge in [-0.15, -0.1) is 11.3 Å². The number of rotatable bonds is 2. The second kappa shape index (κ2) is 3.78. The summed E-state index contributed by atoms with van der Waals surface area (Å²) in [6.45, 7) is 3.08. The average molecular weight is 197 g/mol. The van der Waals surface area contributed by atoms with Gasteiger partial charge in [-0.3, -0.25) is 0 Å². The molecule has 1 saturated heterocycles. The number of nitrogens with two attached hydrogens (primary N) is 1. The van der Waals surface area contributed by atoms with E-state index in [-0.39, 0.29) is 12.1 Å². The smallest absolute Gasteiger partial charge is 0.0801 e. The highest BCUT2D eigenvalue weighted by Gasteiger charge is 2.30. The van der Waals surface area contributed by atoms with Crippen LogP contribution < -0.4 is 5.73 Å². The average Bonchev–Trinajstić information content (AvgIpc) is 2.72. The number of ether oxygens (including phenoxy) is 1. The lowest BCUT2D eigenvalue weighted by Crippen LogP contribution is -2.29. The maximum absolute atomic E-state index is 6.12. The van der Waals surface area contributed by atoms with E-state index in [2.05, 4.69) is 18.4 Å². The summed E-state index contributed by atoms with van der Waals surface area (Å²) < 4.78 is 5.63. The van der Waals surface area contributed by atoms with E-state index in [1.54, 1.807) is 11.3 Å². The van der Waals surface area contributed by atoms with E-state index in [0.29, 0.717) is 5.92 Å². The predicted molar refractivity (Wildman–Crippen MR) is 54.8 cm³/mol. The number of thiophene rings is 1. The van der Waals surface area contributed by atoms with E-state index < -0.39 is 0 Å². The first-order chi connectivity index (χ1) is 6.29. The van der Waals surface area contributed by atoms with Crippen molar-refractivity contribution in [3.05, 3.63) is 22.4 Å². The van der Waals surface area contributed by atoms with Gasteiger partial charge in [0.1, 0.15) is 0 Å². The second-order valence-electron chi connectivity index (χ2n) is 3.64. The largest absolute Gasteiger partial charge is 0.376 e. The molecule has 0 aliphatic carbocycles. The van der Waals surface area contributed by atoms with E-state index >= 15 is 0 Å². The van der Waals surface area contributed by atoms with Gasteiger partial charge in [0.2, 0.25) is 0 Å². The molecule has 3 heteroatoms. The molecule has 2 N–H and O–H groups in total. The molecule has 1 aliphatic heterocycles. The van der Waals surface area contributed by atoms with Gasteiger partial charge >= 0.3 is 0 Å². The van der Waals surface area contributed by atoms with Crippen molar-refractivity contribution in [1.82, 2.24) is 0 Å². The Morgan fingerprint density at radius 1 is 1.69 bits per heavy atom. The van der Waals surface area contributed by atoms with Gasteiger partial charge in [0, 0.05) is 11.5 Å². The van der Waals surface area contributed by atoms with Crippen LogP contribution >= 0.6 is 11.3 Å². The highest BCUT2D eigenvalue weighted by Crippen LogP contribution is 2.31. The van der Waals surface area contributed by atoms with E-state index in [9.17, 15) is 0 Å². The van der Waals surface area contributed by atoms with Crippen molar-refractivity contribution in [3.8, 4) is 0 Å². The summed E-state index contributed by atoms with van der Waals surface area (Å²) in [5, 5.41) is 2.06. The zero-order valence-electron chi connectivity index (χ0n) is 7.77. The molecule has 1 aliphatic rings. The highest BCUT2D eigenvalue weighted by atomic mass is 32.1. The molecule has 72 valence electrons. The highest BCUT2D eigenvalue weighted by molar-refractivity contribution is 7.10. The van der Waals surface area contributed by atoms with Crippen molar-refractivity contribution >= 4 is 11.3 Å². The Bertz CT molecular complexity index is 260. The minimum atomic E-state index is 0.0671. The quantitative estimate of drug-likeness (QED) is 0.788. The maximum Gasteiger partial charge on any atom is 0.0801 e. The normalized spacial score (nSPS) is 30.6. The first-order valence-corrected chi connectivity index (χ1v) is 5.57. The summed E-state index contributed by atoms with van der Waals surface area (Å²) in [4.78, 5) is 1.23. The minimum Gasteiger partial charge on any atom is -0.376 e. The summed E-state index contributed by atoms with van der Waals surface area (Å²) >= 11 is 1.71. The van der Waals surface area contributed by atoms with Crippen molar-refractivity contribution in [2.24, 2.45) is 11.7 Å². The molecule has 0 aromatic carbocycles. The molecule has 0 saturated carbocycles. The van der Waals surface area contributed by atoms with Gasteiger partial charge < -0.3 is 10.5 Å². The Morgan fingerprint density at radius 2 is 2.54 bits per heavy atom. The third-order valence-electron chi connectivity index (χ3n) is 2.67. The van der Waals surface area contributed by atoms with Gasteiger partial charge in [-0.2, -0.15) is 0 Å². The minimum absolute atomic E-state index is 0.0671. The summed E-state index contributed by atoms with van der Waals surface area (Å²) in [7, 11) is 0. The van der Waals surface area contributed by atoms with Crippen LogP contribution in [0.4, 0.5) is 0 Å². The lowest BCUT2D eigenvalue weighted by molar-refractivity contribution is 0.0734. The van der Waals surface area contributed by atoms with Gasteiger partial charge in [0.15, 0.2) is 0 Å². The molecule has 1 aromatic heterocycles. The first-order valence-electron chi connectivity index (χ1n) is 4.69. The molecule has 3 atom stereocenters. The topological polar surface area (TPSA) is 35.2 Å². The Kier molecular flexibility index (Phi) is 2.67. The van der Waals surface area contributed by atoms with E-state index in [1.165, 1.54) is 4.88 Å². The van der Waals surface area contributed by atoms with Gasteiger partial charge in [0.05, 0.1) is 12.1 Å². The molecule has 2 rings (SSSR count). The van der Waals surface area contributed by atoms with Crippen molar-refractivity contribution in [2.75, 3.05) is 6.61 Å². The van der Waals surface area contributed by atoms with Crippen LogP contribution in [-0.4, -0.2) is 12.7 Å². The summed E-state index contributed by atoms with van der Waals surface area (Å²) in [5.41, 5.74) is 6.12. The fourth-order valence-corrected chi connectivity index (χ4v) is 2.58. The third kappa shape index (κ3) is 1.77. The first kappa shape index (κ1) is 9.19. The van der Waals surface area contributed by atoms with E-state index in [4.69, 9.17) is 10.5 Å². The summed E-state index contributed by atoms with van der Waals surface area (Å²) in [5.74, 6) is 0.595. The lowest BCUT2D eigenvalue weighted by Gasteiger charge is -2.21. The third-order valence-corrected chi connectivity index (χ3v) is 3.64. The monoisotopic (exact) mass is 197 g/mol. The van der Waals surface area contributed by atoms with Crippen molar-refractivity contribution < 1.29 is 4.74 Å². The molecule has 13 heavy (non-hydrogen) atoms. The van der Waals surface area contributed by atoms with Crippen LogP contribution in [0.1, 0.15) is 24.3 Å². The zero-order valence-corrected chi connectivity index (χ0v) is 8.59. The molecule has 3 unspecified atom stereocenters. The second-order valence-corrected chi connectivity index (χ2v) is 4.62. The maximum atomic E-state index is 6.12. The van der Waals surface area contributed by atoms with Crippen LogP contribution in [0, 0.1) is 5.92 Å². The summed E-state index contributed by atoms with van der Waals surface area (Å²) in [6.07, 6.45) is 1.36. The van der Waals surface area contributed by atoms with Crippen LogP contribution in [0.5, 0.6) is 0 Å². The van der Waals surface area contributed by atoms with Crippen LogP contribution in [0.15, 0.2) is 17.5 Å².